The zero-order valence-electron chi connectivity index (χ0n) is 37.2. The van der Waals surface area contributed by atoms with E-state index in [0.29, 0.717) is 25.0 Å². The van der Waals surface area contributed by atoms with E-state index < -0.39 is 0 Å². The SMILES string of the molecule is CCCCCC1CCC(c2ccc(-c3cc(OCC)c(-c4c(OCC)cc(-c5ccc(C6CCC(CCCCC)CC6)cc5)c5ccccc45)c4ccccc34)cc2)CC1. The normalized spacial score (nSPS) is 19.5. The molecule has 0 heterocycles. The van der Waals surface area contributed by atoms with Crippen LogP contribution in [0.1, 0.15) is 153 Å². The van der Waals surface area contributed by atoms with Crippen molar-refractivity contribution in [3.63, 3.8) is 0 Å². The summed E-state index contributed by atoms with van der Waals surface area (Å²) < 4.78 is 13.3. The Bertz CT molecular complexity index is 2120. The van der Waals surface area contributed by atoms with Crippen LogP contribution in [0.25, 0.3) is 54.9 Å². The lowest BCUT2D eigenvalue weighted by molar-refractivity contribution is 0.303. The molecule has 0 aromatic heterocycles. The Kier molecular flexibility index (Phi) is 14.3. The first-order valence-corrected chi connectivity index (χ1v) is 24.2. The fraction of sp³-hybridized carbons (Fsp3) is 0.448. The molecule has 6 aromatic rings. The fourth-order valence-electron chi connectivity index (χ4n) is 11.0. The van der Waals surface area contributed by atoms with E-state index in [4.69, 9.17) is 9.47 Å². The second-order valence-corrected chi connectivity index (χ2v) is 18.2. The summed E-state index contributed by atoms with van der Waals surface area (Å²) in [6.45, 7) is 9.98. The molecular formula is C58H70O2. The maximum atomic E-state index is 6.67. The molecule has 2 nitrogen and oxygen atoms in total. The number of hydrogen-bond donors (Lipinski definition) is 0. The molecule has 0 unspecified atom stereocenters. The van der Waals surface area contributed by atoms with Crippen molar-refractivity contribution < 1.29 is 9.47 Å². The van der Waals surface area contributed by atoms with Crippen molar-refractivity contribution in [3.8, 4) is 44.9 Å². The monoisotopic (exact) mass is 799 g/mol. The van der Waals surface area contributed by atoms with Gasteiger partial charge in [-0.15, -0.1) is 0 Å². The summed E-state index contributed by atoms with van der Waals surface area (Å²) in [6, 6.07) is 41.5. The number of hydrogen-bond acceptors (Lipinski definition) is 2. The molecule has 0 spiro atoms. The summed E-state index contributed by atoms with van der Waals surface area (Å²) in [5.74, 6) is 5.01. The summed E-state index contributed by atoms with van der Waals surface area (Å²) in [7, 11) is 0. The quantitative estimate of drug-likeness (QED) is 0.0856. The highest BCUT2D eigenvalue weighted by Crippen LogP contribution is 2.51. The molecule has 0 amide bonds. The zero-order valence-corrected chi connectivity index (χ0v) is 37.2. The van der Waals surface area contributed by atoms with E-state index in [2.05, 4.69) is 137 Å². The average Bonchev–Trinajstić information content (AvgIpc) is 3.30. The minimum Gasteiger partial charge on any atom is -0.493 e. The van der Waals surface area contributed by atoms with E-state index in [-0.39, 0.29) is 0 Å². The molecule has 2 aliphatic carbocycles. The van der Waals surface area contributed by atoms with Crippen LogP contribution in [-0.2, 0) is 0 Å². The van der Waals surface area contributed by atoms with Gasteiger partial charge in [0.15, 0.2) is 0 Å². The molecule has 0 atom stereocenters. The van der Waals surface area contributed by atoms with Crippen molar-refractivity contribution in [1.82, 2.24) is 0 Å². The van der Waals surface area contributed by atoms with Gasteiger partial charge < -0.3 is 9.47 Å². The Balaban J connectivity index is 1.13. The van der Waals surface area contributed by atoms with Crippen LogP contribution in [0.4, 0.5) is 0 Å². The van der Waals surface area contributed by atoms with Crippen LogP contribution >= 0.6 is 0 Å². The first kappa shape index (κ1) is 42.1. The number of fused-ring (bicyclic) bond motifs is 2. The Morgan fingerprint density at radius 3 is 1.13 bits per heavy atom. The van der Waals surface area contributed by atoms with E-state index in [9.17, 15) is 0 Å². The highest BCUT2D eigenvalue weighted by Gasteiger charge is 2.26. The highest BCUT2D eigenvalue weighted by molar-refractivity contribution is 6.15. The third-order valence-electron chi connectivity index (χ3n) is 14.4. The predicted molar refractivity (Wildman–Crippen MR) is 258 cm³/mol. The van der Waals surface area contributed by atoms with Gasteiger partial charge in [0.25, 0.3) is 0 Å². The van der Waals surface area contributed by atoms with Gasteiger partial charge in [-0.05, 0) is 156 Å². The molecule has 0 bridgehead atoms. The lowest BCUT2D eigenvalue weighted by Gasteiger charge is -2.29. The second-order valence-electron chi connectivity index (χ2n) is 18.2. The van der Waals surface area contributed by atoms with Gasteiger partial charge in [0.2, 0.25) is 0 Å². The van der Waals surface area contributed by atoms with Gasteiger partial charge in [0.05, 0.1) is 13.2 Å². The van der Waals surface area contributed by atoms with Crippen LogP contribution in [0.15, 0.2) is 109 Å². The third kappa shape index (κ3) is 9.34. The van der Waals surface area contributed by atoms with Crippen LogP contribution < -0.4 is 9.47 Å². The third-order valence-corrected chi connectivity index (χ3v) is 14.4. The summed E-state index contributed by atoms with van der Waals surface area (Å²) in [4.78, 5) is 0. The van der Waals surface area contributed by atoms with Crippen molar-refractivity contribution >= 4 is 21.5 Å². The van der Waals surface area contributed by atoms with Crippen LogP contribution in [0.3, 0.4) is 0 Å². The molecule has 0 radical (unpaired) electrons. The summed E-state index contributed by atoms with van der Waals surface area (Å²) in [5, 5.41) is 4.84. The molecule has 2 fully saturated rings. The van der Waals surface area contributed by atoms with Crippen LogP contribution in [-0.4, -0.2) is 13.2 Å². The minimum atomic E-state index is 0.581. The smallest absolute Gasteiger partial charge is 0.128 e. The van der Waals surface area contributed by atoms with E-state index in [1.54, 1.807) is 0 Å². The van der Waals surface area contributed by atoms with E-state index >= 15 is 0 Å². The van der Waals surface area contributed by atoms with Crippen molar-refractivity contribution in [2.45, 2.75) is 142 Å². The summed E-state index contributed by atoms with van der Waals surface area (Å²) in [6.07, 6.45) is 21.9. The highest BCUT2D eigenvalue weighted by atomic mass is 16.5. The second kappa shape index (κ2) is 20.3. The van der Waals surface area contributed by atoms with Gasteiger partial charge in [-0.1, -0.05) is 162 Å². The maximum Gasteiger partial charge on any atom is 0.128 e. The van der Waals surface area contributed by atoms with Gasteiger partial charge in [0, 0.05) is 11.1 Å². The molecule has 2 aliphatic rings. The average molecular weight is 799 g/mol. The molecule has 8 rings (SSSR count). The maximum absolute atomic E-state index is 6.67. The Morgan fingerprint density at radius 1 is 0.417 bits per heavy atom. The predicted octanol–water partition coefficient (Wildman–Crippen LogP) is 17.5. The van der Waals surface area contributed by atoms with Crippen LogP contribution in [0, 0.1) is 11.8 Å². The molecule has 0 N–H and O–H groups in total. The number of benzene rings is 6. The van der Waals surface area contributed by atoms with Gasteiger partial charge in [-0.3, -0.25) is 0 Å². The lowest BCUT2D eigenvalue weighted by atomic mass is 9.77. The van der Waals surface area contributed by atoms with E-state index in [0.717, 1.165) is 34.5 Å². The Hall–Kier alpha value is -4.56. The number of unbranched alkanes of at least 4 members (excludes halogenated alkanes) is 4. The standard InChI is InChI=1S/C58H70O2/c1-5-9-11-17-41-23-27-43(28-24-41)45-31-35-47(36-32-45)53-39-55(59-7-3)57(51-21-15-13-19-49(51)53)58-52-22-16-14-20-50(52)54(40-56(58)60-8-4)48-37-33-46(34-38-48)44-29-25-42(26-30-44)18-12-10-6-2/h13-16,19-22,31-44H,5-12,17-18,23-30H2,1-4H3. The van der Waals surface area contributed by atoms with E-state index in [1.165, 1.54) is 158 Å². The lowest BCUT2D eigenvalue weighted by Crippen LogP contribution is -2.13. The molecule has 2 saturated carbocycles. The van der Waals surface area contributed by atoms with Crippen molar-refractivity contribution in [1.29, 1.82) is 0 Å². The van der Waals surface area contributed by atoms with Gasteiger partial charge in [-0.2, -0.15) is 0 Å². The number of rotatable bonds is 17. The molecule has 2 heteroatoms. The topological polar surface area (TPSA) is 18.5 Å². The largest absolute Gasteiger partial charge is 0.493 e. The first-order valence-electron chi connectivity index (χ1n) is 24.2. The molecule has 0 saturated heterocycles. The van der Waals surface area contributed by atoms with Crippen LogP contribution in [0.2, 0.25) is 0 Å². The zero-order chi connectivity index (χ0) is 41.3. The Morgan fingerprint density at radius 2 is 0.783 bits per heavy atom. The molecule has 60 heavy (non-hydrogen) atoms. The van der Waals surface area contributed by atoms with Crippen molar-refractivity contribution in [2.24, 2.45) is 11.8 Å². The van der Waals surface area contributed by atoms with Gasteiger partial charge in [-0.25, -0.2) is 0 Å². The van der Waals surface area contributed by atoms with Crippen molar-refractivity contribution in [3.05, 3.63) is 120 Å². The molecule has 314 valence electrons. The number of ether oxygens (including phenoxy) is 2. The van der Waals surface area contributed by atoms with Gasteiger partial charge >= 0.3 is 0 Å². The van der Waals surface area contributed by atoms with Gasteiger partial charge in [0.1, 0.15) is 11.5 Å². The first-order chi connectivity index (χ1) is 29.6. The summed E-state index contributed by atoms with van der Waals surface area (Å²) in [5.41, 5.74) is 10.1. The van der Waals surface area contributed by atoms with Crippen LogP contribution in [0.5, 0.6) is 11.5 Å². The molecule has 0 aliphatic heterocycles. The molecule has 6 aromatic carbocycles. The summed E-state index contributed by atoms with van der Waals surface area (Å²) >= 11 is 0. The van der Waals surface area contributed by atoms with E-state index in [1.807, 2.05) is 0 Å². The molecular weight excluding hydrogens is 729 g/mol. The Labute approximate surface area is 362 Å². The van der Waals surface area contributed by atoms with Crippen molar-refractivity contribution in [2.75, 3.05) is 13.2 Å². The minimum absolute atomic E-state index is 0.581. The fourth-order valence-corrected chi connectivity index (χ4v) is 11.0.